The lowest BCUT2D eigenvalue weighted by Gasteiger charge is -2.26. The second-order valence-electron chi connectivity index (χ2n) is 12.5. The normalized spacial score (nSPS) is 11.7. The fourth-order valence-corrected chi connectivity index (χ4v) is 6.92. The molecule has 50 heavy (non-hydrogen) atoms. The number of benzene rings is 8. The molecule has 1 heteroatoms. The molecule has 8 aromatic carbocycles. The Morgan fingerprint density at radius 1 is 0.440 bits per heavy atom. The highest BCUT2D eigenvalue weighted by Crippen LogP contribution is 2.40. The molecule has 0 atom stereocenters. The molecule has 0 fully saturated rings. The lowest BCUT2D eigenvalue weighted by Crippen LogP contribution is -2.10. The third-order valence-electron chi connectivity index (χ3n) is 9.34. The third-order valence-corrected chi connectivity index (χ3v) is 9.34. The van der Waals surface area contributed by atoms with Gasteiger partial charge >= 0.3 is 0 Å². The van der Waals surface area contributed by atoms with Gasteiger partial charge in [0.25, 0.3) is 0 Å². The first-order chi connectivity index (χ1) is 24.7. The van der Waals surface area contributed by atoms with Crippen LogP contribution in [-0.2, 0) is 0 Å². The van der Waals surface area contributed by atoms with Gasteiger partial charge in [0.1, 0.15) is 0 Å². The molecular formula is C49H37N. The van der Waals surface area contributed by atoms with Gasteiger partial charge in [0.05, 0.1) is 0 Å². The second-order valence-corrected chi connectivity index (χ2v) is 12.5. The first-order valence-corrected chi connectivity index (χ1v) is 17.2. The first kappa shape index (κ1) is 30.9. The molecule has 8 aromatic rings. The smallest absolute Gasteiger partial charge is 0.0467 e. The minimum Gasteiger partial charge on any atom is -0.310 e. The summed E-state index contributed by atoms with van der Waals surface area (Å²) in [6.07, 6.45) is 6.52. The van der Waals surface area contributed by atoms with E-state index in [1.165, 1.54) is 60.5 Å². The average Bonchev–Trinajstić information content (AvgIpc) is 3.19. The molecule has 0 bridgehead atoms. The van der Waals surface area contributed by atoms with Crippen LogP contribution in [-0.4, -0.2) is 0 Å². The summed E-state index contributed by atoms with van der Waals surface area (Å²) in [5.41, 5.74) is 11.7. The summed E-state index contributed by atoms with van der Waals surface area (Å²) in [7, 11) is 0. The van der Waals surface area contributed by atoms with Gasteiger partial charge in [-0.05, 0) is 116 Å². The van der Waals surface area contributed by atoms with Crippen molar-refractivity contribution in [1.29, 1.82) is 0 Å². The Labute approximate surface area is 294 Å². The highest BCUT2D eigenvalue weighted by atomic mass is 15.1. The largest absolute Gasteiger partial charge is 0.310 e. The van der Waals surface area contributed by atoms with E-state index in [1.54, 1.807) is 0 Å². The quantitative estimate of drug-likeness (QED) is 0.0908. The minimum atomic E-state index is 1.10. The van der Waals surface area contributed by atoms with E-state index >= 15 is 0 Å². The lowest BCUT2D eigenvalue weighted by molar-refractivity contribution is 1.28. The summed E-state index contributed by atoms with van der Waals surface area (Å²) in [6.45, 7) is 2.07. The molecule has 8 rings (SSSR count). The summed E-state index contributed by atoms with van der Waals surface area (Å²) in [5, 5.41) is 5.08. The van der Waals surface area contributed by atoms with Crippen molar-refractivity contribution in [2.75, 3.05) is 4.90 Å². The summed E-state index contributed by atoms with van der Waals surface area (Å²) >= 11 is 0. The van der Waals surface area contributed by atoms with E-state index in [1.807, 2.05) is 0 Å². The number of nitrogens with zero attached hydrogens (tertiary/aromatic N) is 1. The number of allylic oxidation sites excluding steroid dienone is 3. The van der Waals surface area contributed by atoms with Crippen LogP contribution in [0.3, 0.4) is 0 Å². The molecule has 0 aromatic heterocycles. The van der Waals surface area contributed by atoms with E-state index < -0.39 is 0 Å². The van der Waals surface area contributed by atoms with Crippen molar-refractivity contribution in [3.8, 4) is 22.3 Å². The molecule has 0 N–H and O–H groups in total. The topological polar surface area (TPSA) is 3.24 Å². The second kappa shape index (κ2) is 14.0. The zero-order valence-corrected chi connectivity index (χ0v) is 28.1. The van der Waals surface area contributed by atoms with Crippen molar-refractivity contribution in [2.45, 2.75) is 6.92 Å². The minimum absolute atomic E-state index is 1.10. The van der Waals surface area contributed by atoms with Gasteiger partial charge in [-0.15, -0.1) is 0 Å². The molecule has 0 radical (unpaired) electrons. The molecule has 1 nitrogen and oxygen atoms in total. The van der Waals surface area contributed by atoms with Crippen molar-refractivity contribution >= 4 is 50.3 Å². The molecule has 0 amide bonds. The maximum Gasteiger partial charge on any atom is 0.0467 e. The van der Waals surface area contributed by atoms with Crippen LogP contribution >= 0.6 is 0 Å². The van der Waals surface area contributed by atoms with Crippen LogP contribution in [0.4, 0.5) is 17.1 Å². The Morgan fingerprint density at radius 2 is 1.04 bits per heavy atom. The Morgan fingerprint density at radius 3 is 1.76 bits per heavy atom. The molecule has 0 aliphatic heterocycles. The molecule has 0 spiro atoms. The Kier molecular flexibility index (Phi) is 8.62. The number of fused-ring (bicyclic) bond motifs is 3. The molecule has 0 aliphatic rings. The Hall–Kier alpha value is -6.44. The van der Waals surface area contributed by atoms with Gasteiger partial charge in [-0.3, -0.25) is 0 Å². The molecule has 238 valence electrons. The molecular weight excluding hydrogens is 603 g/mol. The van der Waals surface area contributed by atoms with E-state index in [2.05, 4.69) is 218 Å². The molecule has 0 unspecified atom stereocenters. The number of rotatable bonds is 8. The molecule has 0 heterocycles. The van der Waals surface area contributed by atoms with Crippen molar-refractivity contribution in [3.63, 3.8) is 0 Å². The third kappa shape index (κ3) is 6.25. The number of anilines is 3. The van der Waals surface area contributed by atoms with Crippen LogP contribution in [0.2, 0.25) is 0 Å². The first-order valence-electron chi connectivity index (χ1n) is 17.2. The maximum absolute atomic E-state index is 2.36. The van der Waals surface area contributed by atoms with Crippen LogP contribution in [0.5, 0.6) is 0 Å². The van der Waals surface area contributed by atoms with Crippen LogP contribution in [0.25, 0.3) is 55.4 Å². The predicted molar refractivity (Wildman–Crippen MR) is 216 cm³/mol. The van der Waals surface area contributed by atoms with Crippen LogP contribution in [0.1, 0.15) is 18.1 Å². The zero-order valence-electron chi connectivity index (χ0n) is 28.1. The van der Waals surface area contributed by atoms with E-state index in [0.717, 1.165) is 17.1 Å². The van der Waals surface area contributed by atoms with Crippen molar-refractivity contribution in [1.82, 2.24) is 0 Å². The predicted octanol–water partition coefficient (Wildman–Crippen LogP) is 13.9. The summed E-state index contributed by atoms with van der Waals surface area (Å²) in [5.74, 6) is 0. The summed E-state index contributed by atoms with van der Waals surface area (Å²) < 4.78 is 0. The van der Waals surface area contributed by atoms with Crippen LogP contribution in [0.15, 0.2) is 200 Å². The molecule has 0 saturated carbocycles. The van der Waals surface area contributed by atoms with E-state index in [-0.39, 0.29) is 0 Å². The van der Waals surface area contributed by atoms with Gasteiger partial charge in [-0.1, -0.05) is 158 Å². The molecule has 0 aliphatic carbocycles. The standard InChI is InChI=1S/C49H37N/c1-2-14-40(33-36-15-5-3-6-16-36)38-25-29-43(30-26-38)50(45-21-13-20-41(34-45)37-17-7-4-8-18-37)44-31-27-39(28-32-44)49-35-42-19-9-10-22-46(42)47-23-11-12-24-48(47)49/h2-35H,1H3/b14-2-,40-33+. The fourth-order valence-electron chi connectivity index (χ4n) is 6.92. The fraction of sp³-hybridized carbons (Fsp3) is 0.0204. The van der Waals surface area contributed by atoms with Crippen LogP contribution < -0.4 is 4.90 Å². The van der Waals surface area contributed by atoms with Gasteiger partial charge in [-0.2, -0.15) is 0 Å². The van der Waals surface area contributed by atoms with Gasteiger partial charge in [-0.25, -0.2) is 0 Å². The highest BCUT2D eigenvalue weighted by Gasteiger charge is 2.15. The van der Waals surface area contributed by atoms with Gasteiger partial charge < -0.3 is 4.90 Å². The summed E-state index contributed by atoms with van der Waals surface area (Å²) in [6, 6.07) is 67.6. The maximum atomic E-state index is 2.36. The van der Waals surface area contributed by atoms with Crippen LogP contribution in [0, 0.1) is 0 Å². The van der Waals surface area contributed by atoms with Crippen molar-refractivity contribution in [3.05, 3.63) is 211 Å². The number of hydrogen-bond donors (Lipinski definition) is 0. The SMILES string of the molecule is C/C=C\C(=C/c1ccccc1)c1ccc(N(c2ccc(-c3cc4ccccc4c4ccccc34)cc2)c2cccc(-c3ccccc3)c2)cc1. The number of hydrogen-bond acceptors (Lipinski definition) is 1. The van der Waals surface area contributed by atoms with Gasteiger partial charge in [0.15, 0.2) is 0 Å². The monoisotopic (exact) mass is 639 g/mol. The van der Waals surface area contributed by atoms with E-state index in [4.69, 9.17) is 0 Å². The van der Waals surface area contributed by atoms with Crippen molar-refractivity contribution < 1.29 is 0 Å². The Balaban J connectivity index is 1.22. The van der Waals surface area contributed by atoms with Gasteiger partial charge in [0.2, 0.25) is 0 Å². The van der Waals surface area contributed by atoms with E-state index in [9.17, 15) is 0 Å². The van der Waals surface area contributed by atoms with Crippen molar-refractivity contribution in [2.24, 2.45) is 0 Å². The Bertz CT molecular complexity index is 2450. The zero-order chi connectivity index (χ0) is 33.7. The molecule has 0 saturated heterocycles. The van der Waals surface area contributed by atoms with Gasteiger partial charge in [0, 0.05) is 17.1 Å². The van der Waals surface area contributed by atoms with E-state index in [0.29, 0.717) is 0 Å². The average molecular weight is 640 g/mol. The summed E-state index contributed by atoms with van der Waals surface area (Å²) in [4.78, 5) is 2.36. The lowest BCUT2D eigenvalue weighted by atomic mass is 9.93. The highest BCUT2D eigenvalue weighted by molar-refractivity contribution is 6.13.